The summed E-state index contributed by atoms with van der Waals surface area (Å²) in [5.74, 6) is -1.32. The predicted octanol–water partition coefficient (Wildman–Crippen LogP) is 1.08. The molecule has 0 aliphatic rings. The third-order valence-corrected chi connectivity index (χ3v) is 3.23. The Morgan fingerprint density at radius 3 is 2.78 bits per heavy atom. The molecule has 6 nitrogen and oxygen atoms in total. The molecular weight excluding hydrogens is 287 g/mol. The van der Waals surface area contributed by atoms with Gasteiger partial charge in [-0.05, 0) is 6.07 Å². The Hall–Kier alpha value is -1.09. The number of phenols is 1. The normalized spacial score (nSPS) is 11.5. The molecule has 0 atom stereocenters. The lowest BCUT2D eigenvalue weighted by Gasteiger charge is -2.11. The highest BCUT2D eigenvalue weighted by atomic mass is 35.5. The minimum atomic E-state index is -3.93. The molecule has 0 amide bonds. The molecule has 18 heavy (non-hydrogen) atoms. The van der Waals surface area contributed by atoms with Gasteiger partial charge in [0.05, 0.1) is 17.3 Å². The van der Waals surface area contributed by atoms with Gasteiger partial charge in [-0.1, -0.05) is 11.6 Å². The largest absolute Gasteiger partial charge is 0.504 e. The van der Waals surface area contributed by atoms with E-state index in [1.165, 1.54) is 7.11 Å². The van der Waals surface area contributed by atoms with Crippen molar-refractivity contribution in [3.63, 3.8) is 0 Å². The van der Waals surface area contributed by atoms with Crippen LogP contribution in [-0.4, -0.2) is 33.8 Å². The summed E-state index contributed by atoms with van der Waals surface area (Å²) in [4.78, 5) is 0. The highest BCUT2D eigenvalue weighted by molar-refractivity contribution is 7.90. The van der Waals surface area contributed by atoms with Crippen LogP contribution in [-0.2, 0) is 14.9 Å². The van der Waals surface area contributed by atoms with Gasteiger partial charge in [0.2, 0.25) is 0 Å². The fourth-order valence-electron chi connectivity index (χ4n) is 1.10. The maximum Gasteiger partial charge on any atom is 0.299 e. The summed E-state index contributed by atoms with van der Waals surface area (Å²) in [7, 11) is -2.51. The van der Waals surface area contributed by atoms with Gasteiger partial charge in [-0.2, -0.15) is 13.1 Å². The quantitative estimate of drug-likeness (QED) is 0.542. The number of nitrogens with one attached hydrogen (secondary N) is 2. The summed E-state index contributed by atoms with van der Waals surface area (Å²) in [6.07, 6.45) is 0. The van der Waals surface area contributed by atoms with Crippen molar-refractivity contribution in [1.29, 1.82) is 0 Å². The number of aromatic hydroxyl groups is 1. The molecule has 0 saturated heterocycles. The van der Waals surface area contributed by atoms with Crippen molar-refractivity contribution in [2.24, 2.45) is 0 Å². The van der Waals surface area contributed by atoms with E-state index in [1.807, 2.05) is 4.72 Å². The van der Waals surface area contributed by atoms with Crippen molar-refractivity contribution in [1.82, 2.24) is 4.72 Å². The SMILES string of the molecule is COCCNS(=O)(=O)Nc1cc(F)cc(Cl)c1O. The van der Waals surface area contributed by atoms with Crippen LogP contribution in [0.15, 0.2) is 12.1 Å². The molecule has 0 spiro atoms. The van der Waals surface area contributed by atoms with E-state index in [9.17, 15) is 17.9 Å². The van der Waals surface area contributed by atoms with E-state index < -0.39 is 21.8 Å². The molecule has 0 aliphatic heterocycles. The highest BCUT2D eigenvalue weighted by Gasteiger charge is 2.15. The molecule has 1 aromatic rings. The maximum atomic E-state index is 13.0. The molecule has 0 saturated carbocycles. The van der Waals surface area contributed by atoms with Gasteiger partial charge in [-0.25, -0.2) is 4.39 Å². The lowest BCUT2D eigenvalue weighted by Crippen LogP contribution is -2.32. The summed E-state index contributed by atoms with van der Waals surface area (Å²) < 4.78 is 44.8. The number of anilines is 1. The third-order valence-electron chi connectivity index (χ3n) is 1.87. The zero-order chi connectivity index (χ0) is 13.8. The molecule has 0 unspecified atom stereocenters. The van der Waals surface area contributed by atoms with Gasteiger partial charge in [0.25, 0.3) is 10.2 Å². The average Bonchev–Trinajstić information content (AvgIpc) is 2.25. The number of rotatable bonds is 6. The number of ether oxygens (including phenoxy) is 1. The lowest BCUT2D eigenvalue weighted by molar-refractivity contribution is 0.204. The van der Waals surface area contributed by atoms with E-state index in [0.29, 0.717) is 0 Å². The Morgan fingerprint density at radius 1 is 1.50 bits per heavy atom. The Labute approximate surface area is 109 Å². The van der Waals surface area contributed by atoms with Gasteiger partial charge in [-0.15, -0.1) is 0 Å². The Balaban J connectivity index is 2.84. The molecule has 1 aromatic carbocycles. The number of hydrogen-bond acceptors (Lipinski definition) is 4. The van der Waals surface area contributed by atoms with E-state index in [2.05, 4.69) is 9.46 Å². The van der Waals surface area contributed by atoms with Crippen molar-refractivity contribution in [2.75, 3.05) is 25.0 Å². The molecule has 0 bridgehead atoms. The molecule has 0 fully saturated rings. The topological polar surface area (TPSA) is 87.7 Å². The summed E-state index contributed by atoms with van der Waals surface area (Å²) in [5, 5.41) is 9.19. The molecule has 9 heteroatoms. The van der Waals surface area contributed by atoms with Crippen molar-refractivity contribution in [3.05, 3.63) is 23.0 Å². The van der Waals surface area contributed by atoms with Crippen LogP contribution in [0.5, 0.6) is 5.75 Å². The van der Waals surface area contributed by atoms with E-state index in [1.54, 1.807) is 0 Å². The second-order valence-electron chi connectivity index (χ2n) is 3.28. The molecular formula is C9H12ClFN2O4S. The number of benzene rings is 1. The van der Waals surface area contributed by atoms with Gasteiger partial charge < -0.3 is 9.84 Å². The average molecular weight is 299 g/mol. The van der Waals surface area contributed by atoms with Crippen molar-refractivity contribution < 1.29 is 22.7 Å². The first-order valence-electron chi connectivity index (χ1n) is 4.80. The molecule has 0 aliphatic carbocycles. The van der Waals surface area contributed by atoms with Crippen molar-refractivity contribution in [3.8, 4) is 5.75 Å². The smallest absolute Gasteiger partial charge is 0.299 e. The lowest BCUT2D eigenvalue weighted by atomic mass is 10.3. The van der Waals surface area contributed by atoms with Gasteiger partial charge >= 0.3 is 0 Å². The Kier molecular flexibility index (Phi) is 5.15. The van der Waals surface area contributed by atoms with Crippen LogP contribution in [0.4, 0.5) is 10.1 Å². The second-order valence-corrected chi connectivity index (χ2v) is 5.18. The van der Waals surface area contributed by atoms with E-state index in [4.69, 9.17) is 11.6 Å². The summed E-state index contributed by atoms with van der Waals surface area (Å²) in [6.45, 7) is 0.215. The minimum Gasteiger partial charge on any atom is -0.504 e. The minimum absolute atomic E-state index is 0.0373. The first-order valence-corrected chi connectivity index (χ1v) is 6.66. The van der Waals surface area contributed by atoms with E-state index in [0.717, 1.165) is 12.1 Å². The summed E-state index contributed by atoms with van der Waals surface area (Å²) >= 11 is 5.51. The Morgan fingerprint density at radius 2 is 2.17 bits per heavy atom. The monoisotopic (exact) mass is 298 g/mol. The van der Waals surface area contributed by atoms with E-state index >= 15 is 0 Å². The summed E-state index contributed by atoms with van der Waals surface area (Å²) in [5.41, 5.74) is -0.343. The zero-order valence-corrected chi connectivity index (χ0v) is 11.0. The summed E-state index contributed by atoms with van der Waals surface area (Å²) in [6, 6.07) is 1.68. The number of methoxy groups -OCH3 is 1. The van der Waals surface area contributed by atoms with Crippen LogP contribution < -0.4 is 9.44 Å². The van der Waals surface area contributed by atoms with Crippen LogP contribution in [0.2, 0.25) is 5.02 Å². The number of phenolic OH excluding ortho intramolecular Hbond substituents is 1. The molecule has 0 radical (unpaired) electrons. The molecule has 0 aromatic heterocycles. The fourth-order valence-corrected chi connectivity index (χ4v) is 2.18. The first-order chi connectivity index (χ1) is 8.35. The number of hydrogen-bond donors (Lipinski definition) is 3. The molecule has 0 heterocycles. The van der Waals surface area contributed by atoms with Crippen LogP contribution >= 0.6 is 11.6 Å². The molecule has 102 valence electrons. The van der Waals surface area contributed by atoms with Gasteiger partial charge in [0.15, 0.2) is 5.75 Å². The third kappa shape index (κ3) is 4.30. The fraction of sp³-hybridized carbons (Fsp3) is 0.333. The van der Waals surface area contributed by atoms with Crippen molar-refractivity contribution >= 4 is 27.5 Å². The van der Waals surface area contributed by atoms with Gasteiger partial charge in [0.1, 0.15) is 5.82 Å². The predicted molar refractivity (Wildman–Crippen MR) is 65.5 cm³/mol. The second kappa shape index (κ2) is 6.19. The van der Waals surface area contributed by atoms with Crippen LogP contribution in [0.25, 0.3) is 0 Å². The van der Waals surface area contributed by atoms with Crippen LogP contribution in [0.3, 0.4) is 0 Å². The number of halogens is 2. The van der Waals surface area contributed by atoms with Crippen LogP contribution in [0.1, 0.15) is 0 Å². The zero-order valence-electron chi connectivity index (χ0n) is 9.41. The first kappa shape index (κ1) is 15.0. The van der Waals surface area contributed by atoms with Crippen LogP contribution in [0, 0.1) is 5.82 Å². The standard InChI is InChI=1S/C9H12ClFN2O4S/c1-17-3-2-12-18(15,16)13-8-5-6(11)4-7(10)9(8)14/h4-5,12-14H,2-3H2,1H3. The maximum absolute atomic E-state index is 13.0. The molecule has 1 rings (SSSR count). The Bertz CT molecular complexity index is 524. The highest BCUT2D eigenvalue weighted by Crippen LogP contribution is 2.33. The van der Waals surface area contributed by atoms with Crippen molar-refractivity contribution in [2.45, 2.75) is 0 Å². The molecule has 3 N–H and O–H groups in total. The van der Waals surface area contributed by atoms with Gasteiger partial charge in [0, 0.05) is 19.7 Å². The van der Waals surface area contributed by atoms with E-state index in [-0.39, 0.29) is 23.9 Å². The van der Waals surface area contributed by atoms with Gasteiger partial charge in [-0.3, -0.25) is 4.72 Å².